The second-order valence-electron chi connectivity index (χ2n) is 4.99. The van der Waals surface area contributed by atoms with Crippen LogP contribution in [0.3, 0.4) is 0 Å². The lowest BCUT2D eigenvalue weighted by atomic mass is 10.1. The van der Waals surface area contributed by atoms with Crippen molar-refractivity contribution in [3.05, 3.63) is 59.7 Å². The van der Waals surface area contributed by atoms with Crippen LogP contribution in [-0.4, -0.2) is 31.3 Å². The van der Waals surface area contributed by atoms with E-state index in [-0.39, 0.29) is 21.7 Å². The Bertz CT molecular complexity index is 935. The summed E-state index contributed by atoms with van der Waals surface area (Å²) >= 11 is 0. The maximum absolute atomic E-state index is 12.2. The van der Waals surface area contributed by atoms with Crippen LogP contribution in [0.15, 0.2) is 53.4 Å². The largest absolute Gasteiger partial charge is 0.478 e. The van der Waals surface area contributed by atoms with Crippen molar-refractivity contribution in [1.82, 2.24) is 4.72 Å². The number of carboxylic acids is 1. The summed E-state index contributed by atoms with van der Waals surface area (Å²) in [6, 6.07) is 10.8. The zero-order valence-corrected chi connectivity index (χ0v) is 13.8. The van der Waals surface area contributed by atoms with Gasteiger partial charge in [-0.25, -0.2) is 17.9 Å². The average Bonchev–Trinajstić information content (AvgIpc) is 2.54. The fraction of sp³-hybridized carbons (Fsp3) is 0.0625. The van der Waals surface area contributed by atoms with E-state index >= 15 is 0 Å². The number of hydrogen-bond donors (Lipinski definition) is 3. The molecule has 0 spiro atoms. The Hall–Kier alpha value is -3.20. The predicted octanol–water partition coefficient (Wildman–Crippen LogP) is 1.46. The molecular weight excluding hydrogens is 348 g/mol. The number of carboxylic acid groups (broad SMARTS) is 1. The standard InChI is InChI=1S/C16H14N2O6S/c1-10(19)18-25(23,24)12-8-6-11(7-9-12)17-15(20)13-4-2-3-5-14(13)16(21)22/h2-9H,1H3,(H,17,20)(H,18,19)(H,21,22). The highest BCUT2D eigenvalue weighted by molar-refractivity contribution is 7.90. The maximum Gasteiger partial charge on any atom is 0.336 e. The Morgan fingerprint density at radius 1 is 0.920 bits per heavy atom. The lowest BCUT2D eigenvalue weighted by Gasteiger charge is -2.09. The minimum atomic E-state index is -3.96. The van der Waals surface area contributed by atoms with E-state index in [1.54, 1.807) is 0 Å². The average molecular weight is 362 g/mol. The molecule has 130 valence electrons. The molecule has 0 aliphatic heterocycles. The zero-order valence-electron chi connectivity index (χ0n) is 13.0. The van der Waals surface area contributed by atoms with E-state index in [4.69, 9.17) is 5.11 Å². The number of amides is 2. The summed E-state index contributed by atoms with van der Waals surface area (Å²) in [5.74, 6) is -2.60. The van der Waals surface area contributed by atoms with Crippen LogP contribution < -0.4 is 10.0 Å². The van der Waals surface area contributed by atoms with Crippen LogP contribution in [0.2, 0.25) is 0 Å². The minimum absolute atomic E-state index is 0.0232. The molecule has 0 unspecified atom stereocenters. The highest BCUT2D eigenvalue weighted by atomic mass is 32.2. The van der Waals surface area contributed by atoms with Gasteiger partial charge >= 0.3 is 5.97 Å². The number of rotatable bonds is 5. The van der Waals surface area contributed by atoms with E-state index in [9.17, 15) is 22.8 Å². The van der Waals surface area contributed by atoms with E-state index in [1.807, 2.05) is 4.72 Å². The number of carbonyl (C=O) groups is 3. The van der Waals surface area contributed by atoms with Crippen molar-refractivity contribution in [2.24, 2.45) is 0 Å². The molecule has 3 N–H and O–H groups in total. The predicted molar refractivity (Wildman–Crippen MR) is 88.8 cm³/mol. The lowest BCUT2D eigenvalue weighted by molar-refractivity contribution is -0.117. The van der Waals surface area contributed by atoms with Gasteiger partial charge in [-0.15, -0.1) is 0 Å². The normalized spacial score (nSPS) is 10.8. The number of nitrogens with one attached hydrogen (secondary N) is 2. The number of sulfonamides is 1. The van der Waals surface area contributed by atoms with Gasteiger partial charge < -0.3 is 10.4 Å². The van der Waals surface area contributed by atoms with Crippen molar-refractivity contribution in [3.8, 4) is 0 Å². The van der Waals surface area contributed by atoms with Gasteiger partial charge in [-0.2, -0.15) is 0 Å². The van der Waals surface area contributed by atoms with E-state index in [1.165, 1.54) is 48.5 Å². The quantitative estimate of drug-likeness (QED) is 0.738. The van der Waals surface area contributed by atoms with Crippen molar-refractivity contribution in [1.29, 1.82) is 0 Å². The molecule has 0 aliphatic rings. The third-order valence-corrected chi connectivity index (χ3v) is 4.55. The van der Waals surface area contributed by atoms with Crippen LogP contribution in [-0.2, 0) is 14.8 Å². The first-order valence-electron chi connectivity index (χ1n) is 6.98. The third kappa shape index (κ3) is 4.42. The van der Waals surface area contributed by atoms with Gasteiger partial charge in [0.15, 0.2) is 0 Å². The summed E-state index contributed by atoms with van der Waals surface area (Å²) < 4.78 is 25.5. The molecule has 0 bridgehead atoms. The highest BCUT2D eigenvalue weighted by Gasteiger charge is 2.17. The Morgan fingerprint density at radius 3 is 2.00 bits per heavy atom. The van der Waals surface area contributed by atoms with Crippen LogP contribution >= 0.6 is 0 Å². The zero-order chi connectivity index (χ0) is 18.6. The fourth-order valence-electron chi connectivity index (χ4n) is 2.03. The molecule has 9 heteroatoms. The number of aromatic carboxylic acids is 1. The number of anilines is 1. The first-order valence-corrected chi connectivity index (χ1v) is 8.46. The van der Waals surface area contributed by atoms with Gasteiger partial charge in [0, 0.05) is 12.6 Å². The Kier molecular flexibility index (Phi) is 5.18. The van der Waals surface area contributed by atoms with Crippen molar-refractivity contribution in [3.63, 3.8) is 0 Å². The molecule has 0 radical (unpaired) electrons. The number of hydrogen-bond acceptors (Lipinski definition) is 5. The number of benzene rings is 2. The molecule has 0 saturated carbocycles. The third-order valence-electron chi connectivity index (χ3n) is 3.10. The van der Waals surface area contributed by atoms with Crippen LogP contribution in [0.4, 0.5) is 5.69 Å². The number of carbonyl (C=O) groups excluding carboxylic acids is 2. The summed E-state index contributed by atoms with van der Waals surface area (Å²) in [6.07, 6.45) is 0. The Balaban J connectivity index is 2.21. The van der Waals surface area contributed by atoms with Gasteiger partial charge in [0.2, 0.25) is 5.91 Å². The molecule has 0 atom stereocenters. The summed E-state index contributed by atoms with van der Waals surface area (Å²) in [6.45, 7) is 1.08. The summed E-state index contributed by atoms with van der Waals surface area (Å²) in [5.41, 5.74) is 0.0989. The van der Waals surface area contributed by atoms with Crippen LogP contribution in [0, 0.1) is 0 Å². The molecule has 0 aromatic heterocycles. The molecule has 0 saturated heterocycles. The van der Waals surface area contributed by atoms with Crippen molar-refractivity contribution < 1.29 is 27.9 Å². The monoisotopic (exact) mass is 362 g/mol. The second kappa shape index (κ2) is 7.14. The molecule has 2 amide bonds. The van der Waals surface area contributed by atoms with Crippen LogP contribution in [0.1, 0.15) is 27.6 Å². The Labute approximate surface area is 143 Å². The summed E-state index contributed by atoms with van der Waals surface area (Å²) in [4.78, 5) is 34.1. The van der Waals surface area contributed by atoms with Crippen molar-refractivity contribution >= 4 is 33.5 Å². The van der Waals surface area contributed by atoms with Gasteiger partial charge in [-0.1, -0.05) is 12.1 Å². The van der Waals surface area contributed by atoms with E-state index in [0.717, 1.165) is 6.92 Å². The summed E-state index contributed by atoms with van der Waals surface area (Å²) in [5, 5.41) is 11.6. The Morgan fingerprint density at radius 2 is 1.48 bits per heavy atom. The van der Waals surface area contributed by atoms with Gasteiger partial charge in [-0.05, 0) is 36.4 Å². The van der Waals surface area contributed by atoms with E-state index in [0.29, 0.717) is 0 Å². The first kappa shape index (κ1) is 18.1. The van der Waals surface area contributed by atoms with Crippen LogP contribution in [0.5, 0.6) is 0 Å². The topological polar surface area (TPSA) is 130 Å². The minimum Gasteiger partial charge on any atom is -0.478 e. The van der Waals surface area contributed by atoms with Crippen molar-refractivity contribution in [2.75, 3.05) is 5.32 Å². The summed E-state index contributed by atoms with van der Waals surface area (Å²) in [7, 11) is -3.96. The molecule has 8 nitrogen and oxygen atoms in total. The molecule has 0 heterocycles. The molecule has 0 fully saturated rings. The molecule has 0 aliphatic carbocycles. The van der Waals surface area contributed by atoms with E-state index in [2.05, 4.69) is 5.32 Å². The molecule has 2 aromatic rings. The second-order valence-corrected chi connectivity index (χ2v) is 6.67. The maximum atomic E-state index is 12.2. The van der Waals surface area contributed by atoms with Crippen molar-refractivity contribution in [2.45, 2.75) is 11.8 Å². The molecule has 2 aromatic carbocycles. The molecular formula is C16H14N2O6S. The van der Waals surface area contributed by atoms with Gasteiger partial charge in [-0.3, -0.25) is 9.59 Å². The molecule has 2 rings (SSSR count). The van der Waals surface area contributed by atoms with Gasteiger partial charge in [0.1, 0.15) is 0 Å². The van der Waals surface area contributed by atoms with Crippen LogP contribution in [0.25, 0.3) is 0 Å². The lowest BCUT2D eigenvalue weighted by Crippen LogP contribution is -2.28. The SMILES string of the molecule is CC(=O)NS(=O)(=O)c1ccc(NC(=O)c2ccccc2C(=O)O)cc1. The molecule has 25 heavy (non-hydrogen) atoms. The smallest absolute Gasteiger partial charge is 0.336 e. The highest BCUT2D eigenvalue weighted by Crippen LogP contribution is 2.16. The fourth-order valence-corrected chi connectivity index (χ4v) is 3.02. The van der Waals surface area contributed by atoms with Gasteiger partial charge in [0.25, 0.3) is 15.9 Å². The van der Waals surface area contributed by atoms with Gasteiger partial charge in [0.05, 0.1) is 16.0 Å². The van der Waals surface area contributed by atoms with E-state index < -0.39 is 27.8 Å². The first-order chi connectivity index (χ1) is 11.7.